The molecule has 0 radical (unpaired) electrons. The zero-order valence-corrected chi connectivity index (χ0v) is 26.4. The Morgan fingerprint density at radius 2 is 1.72 bits per heavy atom. The molecule has 1 atom stereocenters. The lowest BCUT2D eigenvalue weighted by Gasteiger charge is -2.29. The predicted octanol–water partition coefficient (Wildman–Crippen LogP) is 3.29. The molecule has 0 bridgehead atoms. The number of hydrogen-bond donors (Lipinski definition) is 3. The SMILES string of the molecule is COc1cc(N=Nc2cccc3c2CN(C2CCC(=O)NC2=O)C3=O)cc(OC)c1OCC(=O)NCCCNC(=O)OC(C)(C)C. The first-order valence-corrected chi connectivity index (χ1v) is 14.7. The summed E-state index contributed by atoms with van der Waals surface area (Å²) in [5.74, 6) is -0.854. The smallest absolute Gasteiger partial charge is 0.407 e. The van der Waals surface area contributed by atoms with Gasteiger partial charge in [0, 0.05) is 49.3 Å². The van der Waals surface area contributed by atoms with Crippen LogP contribution in [0.1, 0.15) is 56.0 Å². The monoisotopic (exact) mass is 638 g/mol. The quantitative estimate of drug-likeness (QED) is 0.178. The Bertz CT molecular complexity index is 1510. The molecule has 15 nitrogen and oxygen atoms in total. The van der Waals surface area contributed by atoms with Crippen molar-refractivity contribution in [3.05, 3.63) is 41.5 Å². The van der Waals surface area contributed by atoms with E-state index >= 15 is 0 Å². The Morgan fingerprint density at radius 1 is 1.02 bits per heavy atom. The highest BCUT2D eigenvalue weighted by Gasteiger charge is 2.40. The lowest BCUT2D eigenvalue weighted by Crippen LogP contribution is -2.52. The van der Waals surface area contributed by atoms with Gasteiger partial charge >= 0.3 is 6.09 Å². The second-order valence-corrected chi connectivity index (χ2v) is 11.5. The number of hydrogen-bond acceptors (Lipinski definition) is 11. The molecule has 0 saturated carbocycles. The van der Waals surface area contributed by atoms with E-state index in [1.807, 2.05) is 0 Å². The fourth-order valence-corrected chi connectivity index (χ4v) is 4.85. The van der Waals surface area contributed by atoms with Crippen molar-refractivity contribution in [1.82, 2.24) is 20.9 Å². The van der Waals surface area contributed by atoms with Gasteiger partial charge in [0.2, 0.25) is 17.6 Å². The Labute approximate surface area is 266 Å². The van der Waals surface area contributed by atoms with Crippen LogP contribution in [0, 0.1) is 0 Å². The molecule has 46 heavy (non-hydrogen) atoms. The first-order chi connectivity index (χ1) is 21.9. The number of carbonyl (C=O) groups excluding carboxylic acids is 5. The molecular weight excluding hydrogens is 600 g/mol. The maximum Gasteiger partial charge on any atom is 0.407 e. The van der Waals surface area contributed by atoms with Crippen LogP contribution in [0.4, 0.5) is 16.2 Å². The normalized spacial score (nSPS) is 16.2. The molecule has 3 N–H and O–H groups in total. The van der Waals surface area contributed by atoms with Crippen LogP contribution in [-0.4, -0.2) is 80.2 Å². The van der Waals surface area contributed by atoms with Crippen molar-refractivity contribution in [3.63, 3.8) is 0 Å². The molecule has 4 rings (SSSR count). The van der Waals surface area contributed by atoms with Gasteiger partial charge in [0.15, 0.2) is 18.1 Å². The Morgan fingerprint density at radius 3 is 2.37 bits per heavy atom. The highest BCUT2D eigenvalue weighted by Crippen LogP contribution is 2.42. The van der Waals surface area contributed by atoms with E-state index in [0.29, 0.717) is 42.0 Å². The molecule has 1 unspecified atom stereocenters. The summed E-state index contributed by atoms with van der Waals surface area (Å²) in [6.07, 6.45) is 0.380. The summed E-state index contributed by atoms with van der Waals surface area (Å²) < 4.78 is 21.8. The van der Waals surface area contributed by atoms with Gasteiger partial charge in [-0.1, -0.05) is 6.07 Å². The number of fused-ring (bicyclic) bond motifs is 1. The van der Waals surface area contributed by atoms with Gasteiger partial charge in [-0.2, -0.15) is 10.2 Å². The number of carbonyl (C=O) groups is 5. The van der Waals surface area contributed by atoms with E-state index in [0.717, 1.165) is 0 Å². The first-order valence-electron chi connectivity index (χ1n) is 14.7. The van der Waals surface area contributed by atoms with Gasteiger partial charge in [-0.05, 0) is 45.7 Å². The van der Waals surface area contributed by atoms with Crippen LogP contribution in [0.3, 0.4) is 0 Å². The van der Waals surface area contributed by atoms with Crippen molar-refractivity contribution >= 4 is 41.1 Å². The second kappa shape index (κ2) is 14.7. The van der Waals surface area contributed by atoms with Crippen LogP contribution in [0.2, 0.25) is 0 Å². The van der Waals surface area contributed by atoms with E-state index in [-0.39, 0.29) is 61.0 Å². The van der Waals surface area contributed by atoms with Gasteiger partial charge in [-0.3, -0.25) is 24.5 Å². The minimum absolute atomic E-state index is 0.150. The van der Waals surface area contributed by atoms with Gasteiger partial charge < -0.3 is 34.5 Å². The number of rotatable bonds is 12. The maximum absolute atomic E-state index is 13.1. The number of amides is 5. The van der Waals surface area contributed by atoms with Crippen molar-refractivity contribution in [3.8, 4) is 17.2 Å². The van der Waals surface area contributed by atoms with Gasteiger partial charge in [-0.25, -0.2) is 4.79 Å². The van der Waals surface area contributed by atoms with Gasteiger partial charge in [0.1, 0.15) is 11.6 Å². The summed E-state index contributed by atoms with van der Waals surface area (Å²) in [7, 11) is 2.86. The standard InChI is InChI=1S/C31H38N6O9/c1-31(2,3)46-30(42)33-13-7-12-32-26(39)17-45-27-23(43-4)14-18(15-24(27)44-5)35-36-21-9-6-8-19-20(21)16-37(29(19)41)22-10-11-25(38)34-28(22)40/h6,8-9,14-15,22H,7,10-13,16-17H2,1-5H3,(H,32,39)(H,33,42)(H,34,38,40). The highest BCUT2D eigenvalue weighted by molar-refractivity contribution is 6.06. The predicted molar refractivity (Wildman–Crippen MR) is 164 cm³/mol. The fraction of sp³-hybridized carbons (Fsp3) is 0.452. The van der Waals surface area contributed by atoms with Crippen LogP contribution < -0.4 is 30.2 Å². The van der Waals surface area contributed by atoms with Crippen molar-refractivity contribution in [1.29, 1.82) is 0 Å². The largest absolute Gasteiger partial charge is 0.493 e. The van der Waals surface area contributed by atoms with Gasteiger partial charge in [0.05, 0.1) is 25.6 Å². The molecule has 1 saturated heterocycles. The molecule has 15 heteroatoms. The Kier molecular flexibility index (Phi) is 10.8. The van der Waals surface area contributed by atoms with Gasteiger partial charge in [0.25, 0.3) is 11.8 Å². The van der Waals surface area contributed by atoms with Crippen molar-refractivity contribution in [2.24, 2.45) is 10.2 Å². The zero-order valence-electron chi connectivity index (χ0n) is 26.4. The molecule has 2 heterocycles. The van der Waals surface area contributed by atoms with E-state index in [9.17, 15) is 24.0 Å². The molecular formula is C31H38N6O9. The molecule has 2 aromatic carbocycles. The van der Waals surface area contributed by atoms with E-state index in [2.05, 4.69) is 26.2 Å². The summed E-state index contributed by atoms with van der Waals surface area (Å²) >= 11 is 0. The molecule has 2 aromatic rings. The molecule has 1 fully saturated rings. The zero-order chi connectivity index (χ0) is 33.4. The summed E-state index contributed by atoms with van der Waals surface area (Å²) in [5, 5.41) is 16.3. The molecule has 0 aromatic heterocycles. The summed E-state index contributed by atoms with van der Waals surface area (Å²) in [4.78, 5) is 62.6. The van der Waals surface area contributed by atoms with Crippen LogP contribution in [-0.2, 0) is 25.7 Å². The van der Waals surface area contributed by atoms with Crippen molar-refractivity contribution in [2.45, 2.75) is 58.2 Å². The van der Waals surface area contributed by atoms with E-state index in [1.165, 1.54) is 19.1 Å². The number of azo groups is 1. The highest BCUT2D eigenvalue weighted by atomic mass is 16.6. The summed E-state index contributed by atoms with van der Waals surface area (Å²) in [5.41, 5.74) is 1.24. The molecule has 246 valence electrons. The molecule has 2 aliphatic rings. The maximum atomic E-state index is 13.1. The van der Waals surface area contributed by atoms with Crippen LogP contribution in [0.15, 0.2) is 40.6 Å². The third-order valence-electron chi connectivity index (χ3n) is 6.97. The lowest BCUT2D eigenvalue weighted by atomic mass is 10.0. The minimum atomic E-state index is -0.744. The van der Waals surface area contributed by atoms with E-state index in [4.69, 9.17) is 18.9 Å². The third kappa shape index (κ3) is 8.49. The Hall–Kier alpha value is -5.21. The van der Waals surface area contributed by atoms with E-state index in [1.54, 1.807) is 51.1 Å². The number of alkyl carbamates (subject to hydrolysis) is 1. The molecule has 0 aliphatic carbocycles. The van der Waals surface area contributed by atoms with Crippen molar-refractivity contribution in [2.75, 3.05) is 33.9 Å². The average molecular weight is 639 g/mol. The first kappa shape index (κ1) is 33.7. The number of nitrogens with one attached hydrogen (secondary N) is 3. The molecule has 2 aliphatic heterocycles. The third-order valence-corrected chi connectivity index (χ3v) is 6.97. The number of nitrogens with zero attached hydrogens (tertiary/aromatic N) is 3. The number of benzene rings is 2. The Balaban J connectivity index is 1.37. The summed E-state index contributed by atoms with van der Waals surface area (Å²) in [6, 6.07) is 7.43. The lowest BCUT2D eigenvalue weighted by molar-refractivity contribution is -0.137. The second-order valence-electron chi connectivity index (χ2n) is 11.5. The average Bonchev–Trinajstić information content (AvgIpc) is 3.34. The number of ether oxygens (including phenoxy) is 4. The summed E-state index contributed by atoms with van der Waals surface area (Å²) in [6.45, 7) is 5.79. The number of methoxy groups -OCH3 is 2. The number of imide groups is 1. The van der Waals surface area contributed by atoms with Crippen LogP contribution in [0.5, 0.6) is 17.2 Å². The minimum Gasteiger partial charge on any atom is -0.493 e. The van der Waals surface area contributed by atoms with Crippen molar-refractivity contribution < 1.29 is 42.9 Å². The molecule has 0 spiro atoms. The topological polar surface area (TPSA) is 186 Å². The van der Waals surface area contributed by atoms with Crippen LogP contribution >= 0.6 is 0 Å². The van der Waals surface area contributed by atoms with E-state index < -0.39 is 23.6 Å². The van der Waals surface area contributed by atoms with Crippen LogP contribution in [0.25, 0.3) is 0 Å². The van der Waals surface area contributed by atoms with Gasteiger partial charge in [-0.15, -0.1) is 0 Å². The molecule has 5 amide bonds. The fourth-order valence-electron chi connectivity index (χ4n) is 4.85. The number of piperidine rings is 1.